The number of benzene rings is 2. The number of aliphatic carboxylic acids is 1. The van der Waals surface area contributed by atoms with Crippen LogP contribution in [-0.2, 0) is 9.59 Å². The summed E-state index contributed by atoms with van der Waals surface area (Å²) in [6.45, 7) is 5.45. The lowest BCUT2D eigenvalue weighted by Gasteiger charge is -2.14. The van der Waals surface area contributed by atoms with Gasteiger partial charge in [0.1, 0.15) is 0 Å². The van der Waals surface area contributed by atoms with Crippen LogP contribution in [0, 0.1) is 13.8 Å². The minimum atomic E-state index is -1.07. The van der Waals surface area contributed by atoms with E-state index in [9.17, 15) is 9.59 Å². The summed E-state index contributed by atoms with van der Waals surface area (Å²) in [4.78, 5) is 28.4. The second kappa shape index (κ2) is 9.04. The molecule has 1 fully saturated rings. The summed E-state index contributed by atoms with van der Waals surface area (Å²) in [5, 5.41) is 12.3. The number of aliphatic imine (C=N–C) groups is 1. The molecule has 0 spiro atoms. The lowest BCUT2D eigenvalue weighted by atomic mass is 10.1. The molecule has 1 atom stereocenters. The summed E-state index contributed by atoms with van der Waals surface area (Å²) in [6, 6.07) is 10.9. The lowest BCUT2D eigenvalue weighted by Crippen LogP contribution is -2.23. The van der Waals surface area contributed by atoms with Crippen LogP contribution in [0.4, 0.5) is 5.69 Å². The van der Waals surface area contributed by atoms with Crippen molar-refractivity contribution < 1.29 is 24.2 Å². The quantitative estimate of drug-likeness (QED) is 0.676. The van der Waals surface area contributed by atoms with Crippen molar-refractivity contribution in [3.63, 3.8) is 0 Å². The molecule has 7 nitrogen and oxygen atoms in total. The van der Waals surface area contributed by atoms with Crippen molar-refractivity contribution >= 4 is 40.6 Å². The highest BCUT2D eigenvalue weighted by atomic mass is 32.2. The van der Waals surface area contributed by atoms with Crippen LogP contribution in [0.2, 0.25) is 0 Å². The van der Waals surface area contributed by atoms with Crippen molar-refractivity contribution in [2.45, 2.75) is 26.9 Å². The maximum atomic E-state index is 12.4. The molecule has 8 heteroatoms. The number of carbonyl (C=O) groups is 2. The SMILES string of the molecule is COc1cc(/C=C2\SC(=Nc3cccc(C)c3C)NC2=O)ccc1O[C@@H](C)C(=O)O. The molecule has 0 unspecified atom stereocenters. The van der Waals surface area contributed by atoms with Crippen LogP contribution >= 0.6 is 11.8 Å². The first-order valence-electron chi connectivity index (χ1n) is 9.21. The predicted octanol–water partition coefficient (Wildman–Crippen LogP) is 4.06. The van der Waals surface area contributed by atoms with Crippen molar-refractivity contribution in [2.24, 2.45) is 4.99 Å². The molecular formula is C22H22N2O5S. The molecule has 0 radical (unpaired) electrons. The molecule has 1 heterocycles. The monoisotopic (exact) mass is 426 g/mol. The fraction of sp³-hybridized carbons (Fsp3) is 0.227. The molecule has 156 valence electrons. The molecular weight excluding hydrogens is 404 g/mol. The van der Waals surface area contributed by atoms with Crippen LogP contribution in [0.15, 0.2) is 46.3 Å². The Morgan fingerprint density at radius 2 is 2.00 bits per heavy atom. The topological polar surface area (TPSA) is 97.2 Å². The summed E-state index contributed by atoms with van der Waals surface area (Å²) in [7, 11) is 1.47. The zero-order chi connectivity index (χ0) is 21.8. The van der Waals surface area contributed by atoms with Gasteiger partial charge in [-0.25, -0.2) is 9.79 Å². The molecule has 3 rings (SSSR count). The first kappa shape index (κ1) is 21.4. The highest BCUT2D eigenvalue weighted by Crippen LogP contribution is 2.33. The number of carbonyl (C=O) groups excluding carboxylic acids is 1. The number of carboxylic acids is 1. The maximum absolute atomic E-state index is 12.4. The number of hydrogen-bond acceptors (Lipinski definition) is 6. The summed E-state index contributed by atoms with van der Waals surface area (Å²) in [5.74, 6) is -0.610. The molecule has 2 aromatic carbocycles. The molecule has 1 saturated heterocycles. The van der Waals surface area contributed by atoms with E-state index >= 15 is 0 Å². The van der Waals surface area contributed by atoms with Gasteiger partial charge in [-0.05, 0) is 73.5 Å². The van der Waals surface area contributed by atoms with E-state index in [1.165, 1.54) is 25.8 Å². The van der Waals surface area contributed by atoms with Crippen LogP contribution < -0.4 is 14.8 Å². The minimum absolute atomic E-state index is 0.233. The Kier molecular flexibility index (Phi) is 6.47. The average molecular weight is 426 g/mol. The predicted molar refractivity (Wildman–Crippen MR) is 117 cm³/mol. The van der Waals surface area contributed by atoms with Crippen LogP contribution in [0.3, 0.4) is 0 Å². The summed E-state index contributed by atoms with van der Waals surface area (Å²) >= 11 is 1.26. The van der Waals surface area contributed by atoms with Gasteiger partial charge < -0.3 is 19.9 Å². The first-order chi connectivity index (χ1) is 14.3. The molecule has 1 aliphatic rings. The van der Waals surface area contributed by atoms with Crippen molar-refractivity contribution in [1.82, 2.24) is 5.32 Å². The van der Waals surface area contributed by atoms with E-state index in [4.69, 9.17) is 14.6 Å². The number of rotatable bonds is 6. The van der Waals surface area contributed by atoms with Crippen LogP contribution in [0.25, 0.3) is 6.08 Å². The number of nitrogens with one attached hydrogen (secondary N) is 1. The van der Waals surface area contributed by atoms with E-state index in [0.717, 1.165) is 16.8 Å². The number of ether oxygens (including phenoxy) is 2. The van der Waals surface area contributed by atoms with E-state index in [-0.39, 0.29) is 5.91 Å². The zero-order valence-corrected chi connectivity index (χ0v) is 17.9. The van der Waals surface area contributed by atoms with Crippen molar-refractivity contribution in [3.05, 3.63) is 58.0 Å². The van der Waals surface area contributed by atoms with Gasteiger partial charge in [0, 0.05) is 0 Å². The van der Waals surface area contributed by atoms with Crippen molar-refractivity contribution in [3.8, 4) is 11.5 Å². The minimum Gasteiger partial charge on any atom is -0.493 e. The zero-order valence-electron chi connectivity index (χ0n) is 17.1. The van der Waals surface area contributed by atoms with Crippen LogP contribution in [0.5, 0.6) is 11.5 Å². The molecule has 1 amide bonds. The van der Waals surface area contributed by atoms with Gasteiger partial charge in [-0.2, -0.15) is 0 Å². The molecule has 30 heavy (non-hydrogen) atoms. The van der Waals surface area contributed by atoms with Crippen LogP contribution in [-0.4, -0.2) is 35.4 Å². The first-order valence-corrected chi connectivity index (χ1v) is 10.0. The van der Waals surface area contributed by atoms with Crippen molar-refractivity contribution in [2.75, 3.05) is 7.11 Å². The smallest absolute Gasteiger partial charge is 0.344 e. The maximum Gasteiger partial charge on any atom is 0.344 e. The molecule has 0 bridgehead atoms. The second-order valence-corrected chi connectivity index (χ2v) is 7.74. The highest BCUT2D eigenvalue weighted by molar-refractivity contribution is 8.18. The normalized spacial score (nSPS) is 17.1. The van der Waals surface area contributed by atoms with E-state index < -0.39 is 12.1 Å². The number of thioether (sulfide) groups is 1. The summed E-state index contributed by atoms with van der Waals surface area (Å²) < 4.78 is 10.7. The Balaban J connectivity index is 1.83. The standard InChI is InChI=1S/C22H22N2O5S/c1-12-6-5-7-16(13(12)2)23-22-24-20(25)19(30-22)11-15-8-9-17(18(10-15)28-4)29-14(3)21(26)27/h5-11,14H,1-4H3,(H,26,27)(H,23,24,25)/b19-11-/t14-/m0/s1. The summed E-state index contributed by atoms with van der Waals surface area (Å²) in [5.41, 5.74) is 3.73. The Labute approximate surface area is 178 Å². The number of amidine groups is 1. The molecule has 2 aromatic rings. The fourth-order valence-electron chi connectivity index (χ4n) is 2.71. The largest absolute Gasteiger partial charge is 0.493 e. The van der Waals surface area contributed by atoms with Gasteiger partial charge in [0.25, 0.3) is 5.91 Å². The van der Waals surface area contributed by atoms with Gasteiger partial charge >= 0.3 is 5.97 Å². The fourth-order valence-corrected chi connectivity index (χ4v) is 3.54. The molecule has 0 aromatic heterocycles. The van der Waals surface area contributed by atoms with E-state index in [1.54, 1.807) is 24.3 Å². The molecule has 0 saturated carbocycles. The lowest BCUT2D eigenvalue weighted by molar-refractivity contribution is -0.144. The highest BCUT2D eigenvalue weighted by Gasteiger charge is 2.24. The van der Waals surface area contributed by atoms with Gasteiger partial charge in [0.15, 0.2) is 22.8 Å². The number of nitrogens with zero attached hydrogens (tertiary/aromatic N) is 1. The van der Waals surface area contributed by atoms with Gasteiger partial charge in [-0.1, -0.05) is 18.2 Å². The third kappa shape index (κ3) is 4.83. The average Bonchev–Trinajstić information content (AvgIpc) is 3.05. The van der Waals surface area contributed by atoms with Gasteiger partial charge in [0.2, 0.25) is 0 Å². The Hall–Kier alpha value is -3.26. The third-order valence-electron chi connectivity index (χ3n) is 4.59. The van der Waals surface area contributed by atoms with E-state index in [0.29, 0.717) is 27.1 Å². The Morgan fingerprint density at radius 3 is 2.70 bits per heavy atom. The van der Waals surface area contributed by atoms with E-state index in [2.05, 4.69) is 10.3 Å². The Bertz CT molecular complexity index is 1060. The van der Waals surface area contributed by atoms with Crippen LogP contribution in [0.1, 0.15) is 23.6 Å². The van der Waals surface area contributed by atoms with Gasteiger partial charge in [0.05, 0.1) is 17.7 Å². The third-order valence-corrected chi connectivity index (χ3v) is 5.50. The van der Waals surface area contributed by atoms with Gasteiger partial charge in [-0.3, -0.25) is 4.79 Å². The van der Waals surface area contributed by atoms with Crippen molar-refractivity contribution in [1.29, 1.82) is 0 Å². The number of carboxylic acid groups (broad SMARTS) is 1. The Morgan fingerprint density at radius 1 is 1.23 bits per heavy atom. The van der Waals surface area contributed by atoms with E-state index in [1.807, 2.05) is 32.0 Å². The number of amides is 1. The number of methoxy groups -OCH3 is 1. The molecule has 2 N–H and O–H groups in total. The summed E-state index contributed by atoms with van der Waals surface area (Å²) in [6.07, 6.45) is 0.710. The number of aryl methyl sites for hydroxylation is 1. The molecule has 1 aliphatic heterocycles. The molecule has 0 aliphatic carbocycles. The van der Waals surface area contributed by atoms with Gasteiger partial charge in [-0.15, -0.1) is 0 Å². The number of hydrogen-bond donors (Lipinski definition) is 2. The second-order valence-electron chi connectivity index (χ2n) is 6.71.